The number of esters is 1. The molecule has 1 amide bonds. The molecule has 2 heterocycles. The first-order valence-electron chi connectivity index (χ1n) is 10.8. The molecule has 4 rings (SSSR count). The van der Waals surface area contributed by atoms with E-state index in [1.807, 2.05) is 74.5 Å². The van der Waals surface area contributed by atoms with Crippen LogP contribution in [-0.4, -0.2) is 39.6 Å². The fourth-order valence-electron chi connectivity index (χ4n) is 3.64. The number of aryl methyl sites for hydroxylation is 1. The van der Waals surface area contributed by atoms with Crippen molar-refractivity contribution in [3.8, 4) is 11.3 Å². The zero-order chi connectivity index (χ0) is 23.4. The SMILES string of the molecule is Cc1noc2nc(-c3ccccc3)cc(C(=O)OCC(=O)N(Cc3ccccc3)C(C)C)c12. The smallest absolute Gasteiger partial charge is 0.339 e. The Hall–Kier alpha value is -4.00. The van der Waals surface area contributed by atoms with Crippen LogP contribution in [0.2, 0.25) is 0 Å². The van der Waals surface area contributed by atoms with Crippen LogP contribution >= 0.6 is 0 Å². The molecule has 7 nitrogen and oxygen atoms in total. The van der Waals surface area contributed by atoms with Crippen LogP contribution in [0.5, 0.6) is 0 Å². The summed E-state index contributed by atoms with van der Waals surface area (Å²) in [6.07, 6.45) is 0. The van der Waals surface area contributed by atoms with E-state index in [4.69, 9.17) is 9.26 Å². The summed E-state index contributed by atoms with van der Waals surface area (Å²) in [7, 11) is 0. The zero-order valence-corrected chi connectivity index (χ0v) is 18.8. The molecule has 0 fully saturated rings. The van der Waals surface area contributed by atoms with Crippen LogP contribution in [0.4, 0.5) is 0 Å². The lowest BCUT2D eigenvalue weighted by Gasteiger charge is -2.26. The first-order valence-corrected chi connectivity index (χ1v) is 10.8. The van der Waals surface area contributed by atoms with Gasteiger partial charge in [0.25, 0.3) is 11.6 Å². The van der Waals surface area contributed by atoms with Crippen LogP contribution in [0.1, 0.15) is 35.5 Å². The molecule has 0 radical (unpaired) electrons. The molecular weight excluding hydrogens is 418 g/mol. The minimum atomic E-state index is -0.623. The molecule has 168 valence electrons. The minimum absolute atomic E-state index is 0.0472. The van der Waals surface area contributed by atoms with Crippen LogP contribution in [0.3, 0.4) is 0 Å². The van der Waals surface area contributed by atoms with Crippen molar-refractivity contribution in [2.24, 2.45) is 0 Å². The topological polar surface area (TPSA) is 85.5 Å². The van der Waals surface area contributed by atoms with Gasteiger partial charge in [-0.2, -0.15) is 0 Å². The highest BCUT2D eigenvalue weighted by atomic mass is 16.5. The normalized spacial score (nSPS) is 11.0. The number of pyridine rings is 1. The van der Waals surface area contributed by atoms with Crippen molar-refractivity contribution in [1.82, 2.24) is 15.0 Å². The molecule has 0 atom stereocenters. The van der Waals surface area contributed by atoms with E-state index in [0.717, 1.165) is 11.1 Å². The highest BCUT2D eigenvalue weighted by Gasteiger charge is 2.23. The van der Waals surface area contributed by atoms with E-state index in [1.54, 1.807) is 17.9 Å². The van der Waals surface area contributed by atoms with Gasteiger partial charge < -0.3 is 14.2 Å². The first kappa shape index (κ1) is 22.2. The second-order valence-corrected chi connectivity index (χ2v) is 8.05. The third kappa shape index (κ3) is 4.92. The Morgan fingerprint density at radius 2 is 1.70 bits per heavy atom. The third-order valence-corrected chi connectivity index (χ3v) is 5.37. The summed E-state index contributed by atoms with van der Waals surface area (Å²) < 4.78 is 10.8. The first-order chi connectivity index (χ1) is 15.9. The van der Waals surface area contributed by atoms with Crippen molar-refractivity contribution in [3.63, 3.8) is 0 Å². The lowest BCUT2D eigenvalue weighted by atomic mass is 10.1. The van der Waals surface area contributed by atoms with E-state index in [-0.39, 0.29) is 29.8 Å². The van der Waals surface area contributed by atoms with E-state index in [1.165, 1.54) is 0 Å². The zero-order valence-electron chi connectivity index (χ0n) is 18.8. The molecule has 0 bridgehead atoms. The van der Waals surface area contributed by atoms with Crippen molar-refractivity contribution in [2.75, 3.05) is 6.61 Å². The summed E-state index contributed by atoms with van der Waals surface area (Å²) in [6, 6.07) is 20.8. The number of aromatic nitrogens is 2. The van der Waals surface area contributed by atoms with Gasteiger partial charge in [0, 0.05) is 18.2 Å². The Morgan fingerprint density at radius 1 is 1.03 bits per heavy atom. The van der Waals surface area contributed by atoms with Crippen LogP contribution in [0, 0.1) is 6.92 Å². The average Bonchev–Trinajstić information content (AvgIpc) is 3.22. The maximum Gasteiger partial charge on any atom is 0.339 e. The summed E-state index contributed by atoms with van der Waals surface area (Å²) in [5.74, 6) is -0.888. The Balaban J connectivity index is 1.56. The van der Waals surface area contributed by atoms with E-state index < -0.39 is 5.97 Å². The van der Waals surface area contributed by atoms with Gasteiger partial charge in [-0.25, -0.2) is 9.78 Å². The molecule has 0 aliphatic heterocycles. The van der Waals surface area contributed by atoms with E-state index in [0.29, 0.717) is 23.3 Å². The summed E-state index contributed by atoms with van der Waals surface area (Å²) >= 11 is 0. The van der Waals surface area contributed by atoms with E-state index in [9.17, 15) is 9.59 Å². The molecular formula is C26H25N3O4. The van der Waals surface area contributed by atoms with Crippen LogP contribution in [0.15, 0.2) is 71.3 Å². The van der Waals surface area contributed by atoms with Crippen LogP contribution in [-0.2, 0) is 16.1 Å². The van der Waals surface area contributed by atoms with Gasteiger partial charge in [0.05, 0.1) is 22.3 Å². The number of carbonyl (C=O) groups excluding carboxylic acids is 2. The van der Waals surface area contributed by atoms with Gasteiger partial charge in [0.2, 0.25) is 0 Å². The monoisotopic (exact) mass is 443 g/mol. The Kier molecular flexibility index (Phi) is 6.49. The molecule has 0 aliphatic rings. The maximum atomic E-state index is 13.1. The fourth-order valence-corrected chi connectivity index (χ4v) is 3.64. The number of rotatable bonds is 7. The Morgan fingerprint density at radius 3 is 2.36 bits per heavy atom. The van der Waals surface area contributed by atoms with Gasteiger partial charge >= 0.3 is 5.97 Å². The largest absolute Gasteiger partial charge is 0.452 e. The Labute approximate surface area is 192 Å². The molecule has 0 N–H and O–H groups in total. The molecule has 2 aromatic carbocycles. The number of ether oxygens (including phenoxy) is 1. The number of fused-ring (bicyclic) bond motifs is 1. The second-order valence-electron chi connectivity index (χ2n) is 8.05. The fraction of sp³-hybridized carbons (Fsp3) is 0.231. The molecule has 7 heteroatoms. The van der Waals surface area contributed by atoms with Gasteiger partial charge in [-0.3, -0.25) is 4.79 Å². The summed E-state index contributed by atoms with van der Waals surface area (Å²) in [6.45, 7) is 5.68. The standard InChI is InChI=1S/C26H25N3O4/c1-17(2)29(15-19-10-6-4-7-11-19)23(30)16-32-26(31)21-14-22(20-12-8-5-9-13-20)27-25-24(21)18(3)28-33-25/h4-14,17H,15-16H2,1-3H3. The second kappa shape index (κ2) is 9.65. The van der Waals surface area contributed by atoms with Gasteiger partial charge in [0.15, 0.2) is 6.61 Å². The Bertz CT molecular complexity index is 1270. The van der Waals surface area contributed by atoms with Gasteiger partial charge in [-0.05, 0) is 32.4 Å². The van der Waals surface area contributed by atoms with Crippen molar-refractivity contribution in [2.45, 2.75) is 33.4 Å². The lowest BCUT2D eigenvalue weighted by Crippen LogP contribution is -2.39. The molecule has 0 saturated carbocycles. The average molecular weight is 444 g/mol. The highest BCUT2D eigenvalue weighted by molar-refractivity contribution is 6.04. The van der Waals surface area contributed by atoms with E-state index >= 15 is 0 Å². The highest BCUT2D eigenvalue weighted by Crippen LogP contribution is 2.27. The number of amides is 1. The molecule has 0 spiro atoms. The van der Waals surface area contributed by atoms with Crippen molar-refractivity contribution in [1.29, 1.82) is 0 Å². The van der Waals surface area contributed by atoms with Crippen LogP contribution in [0.25, 0.3) is 22.4 Å². The third-order valence-electron chi connectivity index (χ3n) is 5.37. The number of hydrogen-bond donors (Lipinski definition) is 0. The van der Waals surface area contributed by atoms with Crippen molar-refractivity contribution in [3.05, 3.63) is 83.6 Å². The van der Waals surface area contributed by atoms with Gasteiger partial charge in [-0.15, -0.1) is 0 Å². The summed E-state index contributed by atoms with van der Waals surface area (Å²) in [5.41, 5.74) is 3.44. The predicted octanol–water partition coefficient (Wildman–Crippen LogP) is 4.79. The number of carbonyl (C=O) groups is 2. The number of benzene rings is 2. The molecule has 0 saturated heterocycles. The van der Waals surface area contributed by atoms with Crippen LogP contribution < -0.4 is 0 Å². The van der Waals surface area contributed by atoms with Gasteiger partial charge in [-0.1, -0.05) is 65.8 Å². The minimum Gasteiger partial charge on any atom is -0.452 e. The number of nitrogens with zero attached hydrogens (tertiary/aromatic N) is 3. The summed E-state index contributed by atoms with van der Waals surface area (Å²) in [4.78, 5) is 32.1. The lowest BCUT2D eigenvalue weighted by molar-refractivity contribution is -0.136. The van der Waals surface area contributed by atoms with Crippen molar-refractivity contribution >= 4 is 23.0 Å². The summed E-state index contributed by atoms with van der Waals surface area (Å²) in [5, 5.41) is 4.43. The molecule has 4 aromatic rings. The molecule has 0 unspecified atom stereocenters. The maximum absolute atomic E-state index is 13.1. The van der Waals surface area contributed by atoms with Crippen molar-refractivity contribution < 1.29 is 18.8 Å². The molecule has 2 aromatic heterocycles. The molecule has 33 heavy (non-hydrogen) atoms. The quantitative estimate of drug-likeness (QED) is 0.382. The van der Waals surface area contributed by atoms with Gasteiger partial charge in [0.1, 0.15) is 0 Å². The van der Waals surface area contributed by atoms with E-state index in [2.05, 4.69) is 10.1 Å². The molecule has 0 aliphatic carbocycles. The predicted molar refractivity (Wildman–Crippen MR) is 124 cm³/mol. The number of hydrogen-bond acceptors (Lipinski definition) is 6.